The van der Waals surface area contributed by atoms with Crippen LogP contribution in [0.15, 0.2) is 42.5 Å². The second kappa shape index (κ2) is 8.97. The number of carbonyl (C=O) groups excluding carboxylic acids is 2. The molecule has 1 fully saturated rings. The maximum absolute atomic E-state index is 12.7. The Morgan fingerprint density at radius 3 is 2.29 bits per heavy atom. The lowest BCUT2D eigenvalue weighted by Crippen LogP contribution is -2.51. The number of rotatable bonds is 5. The highest BCUT2D eigenvalue weighted by molar-refractivity contribution is 6.30. The molecule has 0 saturated carbocycles. The molecule has 6 nitrogen and oxygen atoms in total. The molecule has 0 aromatic heterocycles. The van der Waals surface area contributed by atoms with Crippen molar-refractivity contribution in [2.45, 2.75) is 6.92 Å². The van der Waals surface area contributed by atoms with Gasteiger partial charge >= 0.3 is 0 Å². The molecule has 0 bridgehead atoms. The van der Waals surface area contributed by atoms with E-state index in [0.717, 1.165) is 5.56 Å². The fourth-order valence-corrected chi connectivity index (χ4v) is 3.19. The quantitative estimate of drug-likeness (QED) is 0.771. The zero-order valence-corrected chi connectivity index (χ0v) is 16.7. The Bertz CT molecular complexity index is 846. The fraction of sp³-hybridized carbons (Fsp3) is 0.333. The minimum absolute atomic E-state index is 0.0370. The first-order valence-electron chi connectivity index (χ1n) is 9.08. The molecule has 0 spiro atoms. The summed E-state index contributed by atoms with van der Waals surface area (Å²) in [6, 6.07) is 12.3. The van der Waals surface area contributed by atoms with Crippen molar-refractivity contribution in [1.29, 1.82) is 0 Å². The van der Waals surface area contributed by atoms with E-state index in [0.29, 0.717) is 48.3 Å². The molecule has 0 radical (unpaired) electrons. The predicted molar refractivity (Wildman–Crippen MR) is 107 cm³/mol. The molecule has 148 valence electrons. The van der Waals surface area contributed by atoms with E-state index in [1.165, 1.54) is 0 Å². The van der Waals surface area contributed by atoms with Crippen LogP contribution in [-0.2, 0) is 4.79 Å². The van der Waals surface area contributed by atoms with Gasteiger partial charge in [0, 0.05) is 36.8 Å². The summed E-state index contributed by atoms with van der Waals surface area (Å²) in [7, 11) is 1.59. The standard InChI is InChI=1S/C21H23ClN2O4/c1-15-3-4-16(13-19(15)27-2)21(26)24-11-9-23(10-12-24)20(25)14-28-18-7-5-17(22)6-8-18/h3-8,13H,9-12,14H2,1-2H3. The molecule has 28 heavy (non-hydrogen) atoms. The van der Waals surface area contributed by atoms with Crippen LogP contribution in [0.1, 0.15) is 15.9 Å². The lowest BCUT2D eigenvalue weighted by Gasteiger charge is -2.34. The molecule has 1 aliphatic rings. The Hall–Kier alpha value is -2.73. The summed E-state index contributed by atoms with van der Waals surface area (Å²) < 4.78 is 10.8. The van der Waals surface area contributed by atoms with Crippen LogP contribution in [-0.4, -0.2) is 61.5 Å². The van der Waals surface area contributed by atoms with Crippen molar-refractivity contribution in [3.63, 3.8) is 0 Å². The number of carbonyl (C=O) groups is 2. The Morgan fingerprint density at radius 1 is 1.00 bits per heavy atom. The third kappa shape index (κ3) is 4.75. The number of methoxy groups -OCH3 is 1. The number of piperazine rings is 1. The molecule has 2 aromatic rings. The van der Waals surface area contributed by atoms with Crippen LogP contribution < -0.4 is 9.47 Å². The van der Waals surface area contributed by atoms with Crippen LogP contribution in [0.5, 0.6) is 11.5 Å². The minimum atomic E-state index is -0.0981. The molecular weight excluding hydrogens is 380 g/mol. The Kier molecular flexibility index (Phi) is 6.41. The highest BCUT2D eigenvalue weighted by Crippen LogP contribution is 2.21. The van der Waals surface area contributed by atoms with E-state index < -0.39 is 0 Å². The molecule has 0 aliphatic carbocycles. The van der Waals surface area contributed by atoms with Gasteiger partial charge in [0.25, 0.3) is 11.8 Å². The normalized spacial score (nSPS) is 14.0. The lowest BCUT2D eigenvalue weighted by molar-refractivity contribution is -0.134. The second-order valence-corrected chi connectivity index (χ2v) is 7.04. The van der Waals surface area contributed by atoms with Crippen molar-refractivity contribution in [1.82, 2.24) is 9.80 Å². The smallest absolute Gasteiger partial charge is 0.260 e. The molecule has 1 aliphatic heterocycles. The molecule has 0 atom stereocenters. The molecule has 1 heterocycles. The number of amides is 2. The topological polar surface area (TPSA) is 59.1 Å². The highest BCUT2D eigenvalue weighted by atomic mass is 35.5. The van der Waals surface area contributed by atoms with Crippen LogP contribution in [0.3, 0.4) is 0 Å². The van der Waals surface area contributed by atoms with Gasteiger partial charge in [0.15, 0.2) is 6.61 Å². The van der Waals surface area contributed by atoms with Crippen molar-refractivity contribution in [3.8, 4) is 11.5 Å². The summed E-state index contributed by atoms with van der Waals surface area (Å²) in [5.74, 6) is 1.14. The maximum Gasteiger partial charge on any atom is 0.260 e. The number of halogens is 1. The molecule has 2 amide bonds. The molecule has 7 heteroatoms. The zero-order chi connectivity index (χ0) is 20.1. The van der Waals surface area contributed by atoms with Crippen molar-refractivity contribution in [2.24, 2.45) is 0 Å². The highest BCUT2D eigenvalue weighted by Gasteiger charge is 2.25. The SMILES string of the molecule is COc1cc(C(=O)N2CCN(C(=O)COc3ccc(Cl)cc3)CC2)ccc1C. The summed E-state index contributed by atoms with van der Waals surface area (Å²) in [4.78, 5) is 28.6. The van der Waals surface area contributed by atoms with E-state index >= 15 is 0 Å². The van der Waals surface area contributed by atoms with Crippen LogP contribution in [0, 0.1) is 6.92 Å². The van der Waals surface area contributed by atoms with Crippen LogP contribution in [0.25, 0.3) is 0 Å². The van der Waals surface area contributed by atoms with Gasteiger partial charge in [-0.15, -0.1) is 0 Å². The predicted octanol–water partition coefficient (Wildman–Crippen LogP) is 3.02. The summed E-state index contributed by atoms with van der Waals surface area (Å²) in [6.07, 6.45) is 0. The van der Waals surface area contributed by atoms with E-state index in [1.54, 1.807) is 53.3 Å². The van der Waals surface area contributed by atoms with E-state index in [9.17, 15) is 9.59 Å². The molecule has 3 rings (SSSR count). The van der Waals surface area contributed by atoms with Crippen molar-refractivity contribution < 1.29 is 19.1 Å². The first-order valence-corrected chi connectivity index (χ1v) is 9.46. The number of hydrogen-bond acceptors (Lipinski definition) is 4. The van der Waals surface area contributed by atoms with Gasteiger partial charge in [0.1, 0.15) is 11.5 Å². The van der Waals surface area contributed by atoms with Gasteiger partial charge in [-0.05, 0) is 48.9 Å². The number of hydrogen-bond donors (Lipinski definition) is 0. The van der Waals surface area contributed by atoms with Gasteiger partial charge in [-0.2, -0.15) is 0 Å². The number of nitrogens with zero attached hydrogens (tertiary/aromatic N) is 2. The summed E-state index contributed by atoms with van der Waals surface area (Å²) in [5, 5.41) is 0.616. The van der Waals surface area contributed by atoms with Gasteiger partial charge in [0.2, 0.25) is 0 Å². The minimum Gasteiger partial charge on any atom is -0.496 e. The van der Waals surface area contributed by atoms with Gasteiger partial charge in [-0.25, -0.2) is 0 Å². The fourth-order valence-electron chi connectivity index (χ4n) is 3.06. The zero-order valence-electron chi connectivity index (χ0n) is 16.0. The van der Waals surface area contributed by atoms with E-state index in [2.05, 4.69) is 0 Å². The van der Waals surface area contributed by atoms with Crippen molar-refractivity contribution >= 4 is 23.4 Å². The summed E-state index contributed by atoms with van der Waals surface area (Å²) >= 11 is 5.83. The molecule has 0 unspecified atom stereocenters. The Labute approximate surface area is 169 Å². The molecule has 2 aromatic carbocycles. The van der Waals surface area contributed by atoms with Crippen molar-refractivity contribution in [2.75, 3.05) is 39.9 Å². The molecule has 0 N–H and O–H groups in total. The molecule has 1 saturated heterocycles. The average Bonchev–Trinajstić information content (AvgIpc) is 2.73. The number of benzene rings is 2. The average molecular weight is 403 g/mol. The van der Waals surface area contributed by atoms with E-state index in [4.69, 9.17) is 21.1 Å². The third-order valence-electron chi connectivity index (χ3n) is 4.75. The first-order chi connectivity index (χ1) is 13.5. The first kappa shape index (κ1) is 20.0. The van der Waals surface area contributed by atoms with Gasteiger partial charge in [0.05, 0.1) is 7.11 Å². The third-order valence-corrected chi connectivity index (χ3v) is 5.00. The Morgan fingerprint density at radius 2 is 1.64 bits per heavy atom. The lowest BCUT2D eigenvalue weighted by atomic mass is 10.1. The number of ether oxygens (including phenoxy) is 2. The second-order valence-electron chi connectivity index (χ2n) is 6.60. The van der Waals surface area contributed by atoms with Gasteiger partial charge in [-0.1, -0.05) is 17.7 Å². The van der Waals surface area contributed by atoms with E-state index in [1.807, 2.05) is 13.0 Å². The monoisotopic (exact) mass is 402 g/mol. The summed E-state index contributed by atoms with van der Waals surface area (Å²) in [5.41, 5.74) is 1.57. The van der Waals surface area contributed by atoms with Gasteiger partial charge in [-0.3, -0.25) is 9.59 Å². The van der Waals surface area contributed by atoms with Crippen LogP contribution in [0.4, 0.5) is 0 Å². The summed E-state index contributed by atoms with van der Waals surface area (Å²) in [6.45, 7) is 3.84. The number of aryl methyl sites for hydroxylation is 1. The largest absolute Gasteiger partial charge is 0.496 e. The van der Waals surface area contributed by atoms with Crippen LogP contribution in [0.2, 0.25) is 5.02 Å². The van der Waals surface area contributed by atoms with Crippen LogP contribution >= 0.6 is 11.6 Å². The van der Waals surface area contributed by atoms with Crippen molar-refractivity contribution in [3.05, 3.63) is 58.6 Å². The van der Waals surface area contributed by atoms with E-state index in [-0.39, 0.29) is 18.4 Å². The Balaban J connectivity index is 1.51. The molecular formula is C21H23ClN2O4. The van der Waals surface area contributed by atoms with Gasteiger partial charge < -0.3 is 19.3 Å². The maximum atomic E-state index is 12.7.